The molecule has 0 aliphatic heterocycles. The zero-order valence-corrected chi connectivity index (χ0v) is 10.9. The van der Waals surface area contributed by atoms with Gasteiger partial charge < -0.3 is 10.4 Å². The van der Waals surface area contributed by atoms with Crippen molar-refractivity contribution in [1.82, 2.24) is 5.32 Å². The average Bonchev–Trinajstić information content (AvgIpc) is 3.12. The third kappa shape index (κ3) is 2.78. The molecule has 2 fully saturated rings. The summed E-state index contributed by atoms with van der Waals surface area (Å²) in [7, 11) is 0. The zero-order valence-electron chi connectivity index (χ0n) is 10.9. The summed E-state index contributed by atoms with van der Waals surface area (Å²) in [6, 6.07) is 0. The Labute approximate surface area is 99.8 Å². The highest BCUT2D eigenvalue weighted by atomic mass is 16.3. The van der Waals surface area contributed by atoms with Crippen LogP contribution in [0.1, 0.15) is 58.8 Å². The van der Waals surface area contributed by atoms with E-state index in [9.17, 15) is 5.11 Å². The molecule has 0 radical (unpaired) electrons. The number of aliphatic hydroxyl groups is 1. The summed E-state index contributed by atoms with van der Waals surface area (Å²) >= 11 is 0. The van der Waals surface area contributed by atoms with Crippen molar-refractivity contribution in [3.63, 3.8) is 0 Å². The molecule has 0 saturated heterocycles. The SMILES string of the molecule is CC(C)(NCC1(CO)CCCCC1)C1CC1. The fourth-order valence-electron chi connectivity index (χ4n) is 3.06. The van der Waals surface area contributed by atoms with Gasteiger partial charge in [-0.25, -0.2) is 0 Å². The molecule has 0 atom stereocenters. The number of nitrogens with one attached hydrogen (secondary N) is 1. The molecule has 2 aliphatic carbocycles. The maximum atomic E-state index is 9.65. The van der Waals surface area contributed by atoms with Gasteiger partial charge in [0.1, 0.15) is 0 Å². The van der Waals surface area contributed by atoms with Gasteiger partial charge in [0.05, 0.1) is 0 Å². The molecule has 2 aliphatic rings. The van der Waals surface area contributed by atoms with E-state index in [1.807, 2.05) is 0 Å². The minimum absolute atomic E-state index is 0.185. The Balaban J connectivity index is 1.86. The van der Waals surface area contributed by atoms with Gasteiger partial charge >= 0.3 is 0 Å². The Hall–Kier alpha value is -0.0800. The molecule has 0 amide bonds. The van der Waals surface area contributed by atoms with Gasteiger partial charge in [0, 0.05) is 24.1 Å². The first-order chi connectivity index (χ1) is 7.58. The van der Waals surface area contributed by atoms with E-state index in [4.69, 9.17) is 0 Å². The molecule has 0 aromatic heterocycles. The molecule has 0 aromatic carbocycles. The fraction of sp³-hybridized carbons (Fsp3) is 1.00. The van der Waals surface area contributed by atoms with E-state index in [0.717, 1.165) is 12.5 Å². The van der Waals surface area contributed by atoms with Gasteiger partial charge in [0.2, 0.25) is 0 Å². The van der Waals surface area contributed by atoms with Crippen molar-refractivity contribution in [3.05, 3.63) is 0 Å². The Kier molecular flexibility index (Phi) is 3.60. The Morgan fingerprint density at radius 3 is 2.31 bits per heavy atom. The van der Waals surface area contributed by atoms with Crippen LogP contribution < -0.4 is 5.32 Å². The molecule has 2 N–H and O–H groups in total. The lowest BCUT2D eigenvalue weighted by Crippen LogP contribution is -2.49. The Morgan fingerprint density at radius 1 is 1.19 bits per heavy atom. The van der Waals surface area contributed by atoms with Gasteiger partial charge in [-0.05, 0) is 45.4 Å². The largest absolute Gasteiger partial charge is 0.396 e. The van der Waals surface area contributed by atoms with Crippen molar-refractivity contribution in [1.29, 1.82) is 0 Å². The second-order valence-electron chi connectivity index (χ2n) is 6.57. The predicted molar refractivity (Wildman–Crippen MR) is 67.4 cm³/mol. The van der Waals surface area contributed by atoms with Crippen LogP contribution in [0.2, 0.25) is 0 Å². The summed E-state index contributed by atoms with van der Waals surface area (Å²) in [5.41, 5.74) is 0.462. The number of rotatable bonds is 5. The van der Waals surface area contributed by atoms with Gasteiger partial charge in [-0.3, -0.25) is 0 Å². The number of hydrogen-bond acceptors (Lipinski definition) is 2. The van der Waals surface area contributed by atoms with E-state index >= 15 is 0 Å². The van der Waals surface area contributed by atoms with Crippen molar-refractivity contribution in [2.24, 2.45) is 11.3 Å². The summed E-state index contributed by atoms with van der Waals surface area (Å²) in [4.78, 5) is 0. The highest BCUT2D eigenvalue weighted by Gasteiger charge is 2.40. The van der Waals surface area contributed by atoms with E-state index in [1.54, 1.807) is 0 Å². The smallest absolute Gasteiger partial charge is 0.0499 e. The Morgan fingerprint density at radius 2 is 1.81 bits per heavy atom. The van der Waals surface area contributed by atoms with Crippen LogP contribution in [0.5, 0.6) is 0 Å². The highest BCUT2D eigenvalue weighted by molar-refractivity contribution is 4.96. The van der Waals surface area contributed by atoms with Crippen molar-refractivity contribution in [2.45, 2.75) is 64.3 Å². The second-order valence-corrected chi connectivity index (χ2v) is 6.57. The maximum Gasteiger partial charge on any atom is 0.0499 e. The van der Waals surface area contributed by atoms with E-state index in [0.29, 0.717) is 6.61 Å². The third-order valence-corrected chi connectivity index (χ3v) is 4.77. The van der Waals surface area contributed by atoms with E-state index in [1.165, 1.54) is 44.9 Å². The lowest BCUT2D eigenvalue weighted by atomic mass is 9.74. The van der Waals surface area contributed by atoms with Crippen LogP contribution in [-0.4, -0.2) is 23.8 Å². The molecule has 0 heterocycles. The summed E-state index contributed by atoms with van der Waals surface area (Å²) in [6.45, 7) is 6.00. The van der Waals surface area contributed by atoms with E-state index in [2.05, 4.69) is 19.2 Å². The molecule has 0 unspecified atom stereocenters. The van der Waals surface area contributed by atoms with Crippen LogP contribution in [-0.2, 0) is 0 Å². The molecule has 2 saturated carbocycles. The quantitative estimate of drug-likeness (QED) is 0.754. The van der Waals surface area contributed by atoms with Gasteiger partial charge in [-0.1, -0.05) is 19.3 Å². The molecule has 16 heavy (non-hydrogen) atoms. The van der Waals surface area contributed by atoms with Crippen LogP contribution in [0.3, 0.4) is 0 Å². The topological polar surface area (TPSA) is 32.3 Å². The first-order valence-electron chi connectivity index (χ1n) is 6.94. The van der Waals surface area contributed by atoms with Crippen molar-refractivity contribution < 1.29 is 5.11 Å². The van der Waals surface area contributed by atoms with Crippen molar-refractivity contribution in [3.8, 4) is 0 Å². The lowest BCUT2D eigenvalue weighted by Gasteiger charge is -2.39. The summed E-state index contributed by atoms with van der Waals surface area (Å²) < 4.78 is 0. The lowest BCUT2D eigenvalue weighted by molar-refractivity contribution is 0.0718. The molecular formula is C14H27NO. The van der Waals surface area contributed by atoms with Gasteiger partial charge in [-0.2, -0.15) is 0 Å². The van der Waals surface area contributed by atoms with Gasteiger partial charge in [0.25, 0.3) is 0 Å². The van der Waals surface area contributed by atoms with Crippen LogP contribution >= 0.6 is 0 Å². The molecule has 0 bridgehead atoms. The van der Waals surface area contributed by atoms with Crippen molar-refractivity contribution in [2.75, 3.05) is 13.2 Å². The third-order valence-electron chi connectivity index (χ3n) is 4.77. The minimum Gasteiger partial charge on any atom is -0.396 e. The van der Waals surface area contributed by atoms with Crippen LogP contribution in [0.25, 0.3) is 0 Å². The minimum atomic E-state index is 0.185. The van der Waals surface area contributed by atoms with E-state index < -0.39 is 0 Å². The summed E-state index contributed by atoms with van der Waals surface area (Å²) in [6.07, 6.45) is 9.12. The molecule has 94 valence electrons. The van der Waals surface area contributed by atoms with Crippen LogP contribution in [0.15, 0.2) is 0 Å². The summed E-state index contributed by atoms with van der Waals surface area (Å²) in [5, 5.41) is 13.4. The van der Waals surface area contributed by atoms with Crippen LogP contribution in [0.4, 0.5) is 0 Å². The molecule has 2 rings (SSSR count). The fourth-order valence-corrected chi connectivity index (χ4v) is 3.06. The predicted octanol–water partition coefficient (Wildman–Crippen LogP) is 2.71. The molecule has 0 aromatic rings. The zero-order chi connectivity index (χ0) is 11.6. The molecule has 2 heteroatoms. The normalized spacial score (nSPS) is 25.7. The molecule has 0 spiro atoms. The standard InChI is InChI=1S/C14H27NO/c1-13(2,12-6-7-12)15-10-14(11-16)8-4-3-5-9-14/h12,15-16H,3-11H2,1-2H3. The summed E-state index contributed by atoms with van der Waals surface area (Å²) in [5.74, 6) is 0.867. The second kappa shape index (κ2) is 4.66. The van der Waals surface area contributed by atoms with Gasteiger partial charge in [0.15, 0.2) is 0 Å². The number of hydrogen-bond donors (Lipinski definition) is 2. The van der Waals surface area contributed by atoms with Gasteiger partial charge in [-0.15, -0.1) is 0 Å². The number of aliphatic hydroxyl groups excluding tert-OH is 1. The van der Waals surface area contributed by atoms with E-state index in [-0.39, 0.29) is 11.0 Å². The Bertz CT molecular complexity index is 227. The van der Waals surface area contributed by atoms with Crippen molar-refractivity contribution >= 4 is 0 Å². The van der Waals surface area contributed by atoms with Crippen LogP contribution in [0, 0.1) is 11.3 Å². The first-order valence-corrected chi connectivity index (χ1v) is 6.94. The highest BCUT2D eigenvalue weighted by Crippen LogP contribution is 2.41. The average molecular weight is 225 g/mol. The maximum absolute atomic E-state index is 9.65. The molecular weight excluding hydrogens is 198 g/mol. The monoisotopic (exact) mass is 225 g/mol. The first kappa shape index (κ1) is 12.4. The molecule has 2 nitrogen and oxygen atoms in total.